The van der Waals surface area contributed by atoms with Gasteiger partial charge in [-0.2, -0.15) is 0 Å². The van der Waals surface area contributed by atoms with Crippen molar-refractivity contribution in [1.29, 1.82) is 0 Å². The molecule has 0 bridgehead atoms. The molecule has 1 unspecified atom stereocenters. The molecule has 0 aliphatic heterocycles. The van der Waals surface area contributed by atoms with E-state index in [1.54, 1.807) is 0 Å². The number of benzene rings is 3. The van der Waals surface area contributed by atoms with Crippen LogP contribution >= 0.6 is 17.2 Å². The van der Waals surface area contributed by atoms with Crippen molar-refractivity contribution in [3.8, 4) is 0 Å². The Morgan fingerprint density at radius 1 is 0.652 bits per heavy atom. The Kier molecular flexibility index (Phi) is 6.97. The van der Waals surface area contributed by atoms with Crippen molar-refractivity contribution >= 4 is 33.1 Å². The van der Waals surface area contributed by atoms with E-state index < -0.39 is 0 Å². The van der Waals surface area contributed by atoms with E-state index in [0.717, 1.165) is 0 Å². The molecule has 0 fully saturated rings. The molecule has 0 saturated heterocycles. The lowest BCUT2D eigenvalue weighted by molar-refractivity contribution is 1.37. The fourth-order valence-corrected chi connectivity index (χ4v) is 4.10. The molecule has 3 aromatic carbocycles. The van der Waals surface area contributed by atoms with Crippen molar-refractivity contribution in [1.82, 2.24) is 0 Å². The summed E-state index contributed by atoms with van der Waals surface area (Å²) in [6.45, 7) is 6.57. The third-order valence-corrected chi connectivity index (χ3v) is 6.70. The van der Waals surface area contributed by atoms with Crippen LogP contribution in [0.4, 0.5) is 0 Å². The first-order chi connectivity index (χ1) is 11.1. The maximum Gasteiger partial charge on any atom is -0.0198 e. The molecule has 1 atom stereocenters. The van der Waals surface area contributed by atoms with E-state index in [4.69, 9.17) is 0 Å². The summed E-state index contributed by atoms with van der Waals surface area (Å²) in [7, 11) is 2.55. The highest BCUT2D eigenvalue weighted by Gasteiger charge is 2.05. The Bertz CT molecular complexity index is 662. The summed E-state index contributed by atoms with van der Waals surface area (Å²) in [5, 5.41) is 4.18. The second kappa shape index (κ2) is 8.97. The summed E-state index contributed by atoms with van der Waals surface area (Å²) in [5.41, 5.74) is 2.74. The Labute approximate surface area is 143 Å². The predicted octanol–water partition coefficient (Wildman–Crippen LogP) is 4.55. The summed E-state index contributed by atoms with van der Waals surface area (Å²) in [4.78, 5) is 0. The largest absolute Gasteiger partial charge is 0.105 e. The molecule has 0 nitrogen and oxygen atoms in total. The number of hydrogen-bond donors (Lipinski definition) is 0. The van der Waals surface area contributed by atoms with Gasteiger partial charge in [0, 0.05) is 0 Å². The van der Waals surface area contributed by atoms with Crippen LogP contribution in [0.5, 0.6) is 0 Å². The summed E-state index contributed by atoms with van der Waals surface area (Å²) in [6.07, 6.45) is 0. The fourth-order valence-electron chi connectivity index (χ4n) is 2.23. The van der Waals surface area contributed by atoms with Gasteiger partial charge in [-0.25, -0.2) is 0 Å². The van der Waals surface area contributed by atoms with Crippen molar-refractivity contribution in [3.05, 3.63) is 90.0 Å². The summed E-state index contributed by atoms with van der Waals surface area (Å²) in [6, 6.07) is 27.7. The lowest BCUT2D eigenvalue weighted by Gasteiger charge is -2.12. The molecule has 3 rings (SSSR count). The first kappa shape index (κ1) is 17.9. The lowest BCUT2D eigenvalue weighted by Crippen LogP contribution is -2.09. The molecule has 0 aliphatic carbocycles. The minimum absolute atomic E-state index is 0.171. The van der Waals surface area contributed by atoms with Gasteiger partial charge in [0.05, 0.1) is 0 Å². The van der Waals surface area contributed by atoms with Gasteiger partial charge in [0.15, 0.2) is 0 Å². The maximum absolute atomic E-state index is 2.72. The van der Waals surface area contributed by atoms with Gasteiger partial charge in [-0.15, -0.1) is 9.24 Å². The van der Waals surface area contributed by atoms with Crippen LogP contribution in [0.2, 0.25) is 0 Å². The van der Waals surface area contributed by atoms with Crippen LogP contribution in [0.3, 0.4) is 0 Å². The van der Waals surface area contributed by atoms with Crippen molar-refractivity contribution in [2.75, 3.05) is 6.66 Å². The van der Waals surface area contributed by atoms with Crippen LogP contribution in [-0.4, -0.2) is 6.66 Å². The summed E-state index contributed by atoms with van der Waals surface area (Å²) in [5.74, 6) is 0. The second-order valence-corrected chi connectivity index (χ2v) is 8.29. The minimum Gasteiger partial charge on any atom is -0.105 e. The molecular formula is C21H24P2. The van der Waals surface area contributed by atoms with Crippen LogP contribution in [0.15, 0.2) is 78.9 Å². The van der Waals surface area contributed by atoms with E-state index >= 15 is 0 Å². The lowest BCUT2D eigenvalue weighted by atomic mass is 10.1. The molecule has 2 heteroatoms. The van der Waals surface area contributed by atoms with Crippen molar-refractivity contribution in [2.24, 2.45) is 0 Å². The topological polar surface area (TPSA) is 0 Å². The molecule has 0 aliphatic rings. The maximum atomic E-state index is 2.72. The number of aryl methyl sites for hydroxylation is 1. The average Bonchev–Trinajstić information content (AvgIpc) is 2.61. The summed E-state index contributed by atoms with van der Waals surface area (Å²) < 4.78 is 0. The molecule has 0 saturated carbocycles. The summed E-state index contributed by atoms with van der Waals surface area (Å²) >= 11 is 0. The Morgan fingerprint density at radius 3 is 1.52 bits per heavy atom. The van der Waals surface area contributed by atoms with E-state index in [0.29, 0.717) is 0 Å². The smallest absolute Gasteiger partial charge is 0.0198 e. The van der Waals surface area contributed by atoms with Crippen LogP contribution in [0, 0.1) is 13.8 Å². The van der Waals surface area contributed by atoms with Crippen molar-refractivity contribution in [2.45, 2.75) is 13.8 Å². The Balaban J connectivity index is 0.000000185. The van der Waals surface area contributed by atoms with Gasteiger partial charge in [-0.05, 0) is 55.5 Å². The highest BCUT2D eigenvalue weighted by atomic mass is 31.1. The number of hydrogen-bond acceptors (Lipinski definition) is 0. The van der Waals surface area contributed by atoms with Crippen molar-refractivity contribution < 1.29 is 0 Å². The normalized spacial score (nSPS) is 10.1. The van der Waals surface area contributed by atoms with Gasteiger partial charge < -0.3 is 0 Å². The highest BCUT2D eigenvalue weighted by molar-refractivity contribution is 7.72. The van der Waals surface area contributed by atoms with Crippen LogP contribution in [-0.2, 0) is 0 Å². The second-order valence-electron chi connectivity index (χ2n) is 5.52. The molecule has 0 aromatic heterocycles. The van der Waals surface area contributed by atoms with Crippen LogP contribution in [0.1, 0.15) is 11.1 Å². The van der Waals surface area contributed by atoms with E-state index in [2.05, 4.69) is 109 Å². The van der Waals surface area contributed by atoms with Gasteiger partial charge in [0.25, 0.3) is 0 Å². The monoisotopic (exact) mass is 338 g/mol. The molecule has 0 radical (unpaired) electrons. The highest BCUT2D eigenvalue weighted by Crippen LogP contribution is 2.27. The zero-order valence-corrected chi connectivity index (χ0v) is 16.1. The van der Waals surface area contributed by atoms with Crippen LogP contribution < -0.4 is 15.9 Å². The molecule has 23 heavy (non-hydrogen) atoms. The molecule has 0 spiro atoms. The molecular weight excluding hydrogens is 314 g/mol. The third-order valence-electron chi connectivity index (χ3n) is 3.93. The Morgan fingerprint density at radius 2 is 1.13 bits per heavy atom. The van der Waals surface area contributed by atoms with E-state index in [-0.39, 0.29) is 7.92 Å². The van der Waals surface area contributed by atoms with Crippen molar-refractivity contribution in [3.63, 3.8) is 0 Å². The van der Waals surface area contributed by atoms with E-state index in [9.17, 15) is 0 Å². The molecule has 3 aromatic rings. The van der Waals surface area contributed by atoms with Gasteiger partial charge in [0.2, 0.25) is 0 Å². The zero-order valence-electron chi connectivity index (χ0n) is 14.0. The first-order valence-corrected chi connectivity index (χ1v) is 10.1. The minimum atomic E-state index is -0.171. The standard InChI is InChI=1S/C13H13P.C8H11P/c1-14(12-8-4-2-5-9-12)13-10-6-3-7-11-13;1-6-4-3-5-8(9)7(6)2/h2-11H,1H3;3-5H,9H2,1-2H3. The molecule has 0 amide bonds. The number of rotatable bonds is 2. The molecule has 0 heterocycles. The van der Waals surface area contributed by atoms with Gasteiger partial charge in [0.1, 0.15) is 0 Å². The molecule has 118 valence electrons. The first-order valence-electron chi connectivity index (χ1n) is 7.75. The van der Waals surface area contributed by atoms with Gasteiger partial charge >= 0.3 is 0 Å². The van der Waals surface area contributed by atoms with E-state index in [1.165, 1.54) is 27.0 Å². The average molecular weight is 338 g/mol. The molecule has 0 N–H and O–H groups in total. The Hall–Kier alpha value is -1.48. The van der Waals surface area contributed by atoms with Gasteiger partial charge in [-0.1, -0.05) is 78.9 Å². The fraction of sp³-hybridized carbons (Fsp3) is 0.143. The third kappa shape index (κ3) is 5.28. The van der Waals surface area contributed by atoms with E-state index in [1.807, 2.05) is 0 Å². The SMILES string of the molecule is CP(c1ccccc1)c1ccccc1.Cc1cccc(P)c1C. The quantitative estimate of drug-likeness (QED) is 0.601. The van der Waals surface area contributed by atoms with Gasteiger partial charge in [-0.3, -0.25) is 0 Å². The van der Waals surface area contributed by atoms with Crippen LogP contribution in [0.25, 0.3) is 0 Å². The predicted molar refractivity (Wildman–Crippen MR) is 110 cm³/mol. The zero-order chi connectivity index (χ0) is 16.7.